The summed E-state index contributed by atoms with van der Waals surface area (Å²) in [5.74, 6) is 0. The van der Waals surface area contributed by atoms with Crippen LogP contribution in [-0.2, 0) is 13.1 Å². The molecule has 0 aliphatic rings. The fourth-order valence-electron chi connectivity index (χ4n) is 1.55. The van der Waals surface area contributed by atoms with Gasteiger partial charge in [0.25, 0.3) is 0 Å². The van der Waals surface area contributed by atoms with Crippen molar-refractivity contribution < 1.29 is 0 Å². The van der Waals surface area contributed by atoms with Gasteiger partial charge in [-0.25, -0.2) is 0 Å². The first kappa shape index (κ1) is 12.7. The van der Waals surface area contributed by atoms with E-state index in [9.17, 15) is 0 Å². The molecule has 0 radical (unpaired) electrons. The van der Waals surface area contributed by atoms with Crippen LogP contribution in [0.5, 0.6) is 0 Å². The first-order chi connectivity index (χ1) is 8.24. The zero-order chi connectivity index (χ0) is 12.1. The molecule has 1 N–H and O–H groups in total. The van der Waals surface area contributed by atoms with Crippen LogP contribution in [-0.4, -0.2) is 4.98 Å². The molecule has 2 aromatic rings. The molecule has 0 aliphatic heterocycles. The topological polar surface area (TPSA) is 24.9 Å². The number of benzene rings is 1. The summed E-state index contributed by atoms with van der Waals surface area (Å²) in [7, 11) is 0. The minimum absolute atomic E-state index is 0.818. The van der Waals surface area contributed by atoms with Crippen molar-refractivity contribution in [1.29, 1.82) is 0 Å². The number of rotatable bonds is 4. The van der Waals surface area contributed by atoms with Crippen molar-refractivity contribution in [2.24, 2.45) is 0 Å². The van der Waals surface area contributed by atoms with Gasteiger partial charge in [-0.1, -0.05) is 28.1 Å². The first-order valence-electron chi connectivity index (χ1n) is 5.28. The minimum atomic E-state index is 0.818. The normalized spacial score (nSPS) is 10.5. The zero-order valence-electron chi connectivity index (χ0n) is 9.16. The van der Waals surface area contributed by atoms with E-state index in [1.165, 1.54) is 11.1 Å². The highest BCUT2D eigenvalue weighted by atomic mass is 79.9. The second-order valence-electron chi connectivity index (χ2n) is 3.74. The Hall–Kier alpha value is -0.710. The van der Waals surface area contributed by atoms with Crippen molar-refractivity contribution in [2.75, 3.05) is 0 Å². The van der Waals surface area contributed by atoms with Gasteiger partial charge >= 0.3 is 0 Å². The Bertz CT molecular complexity index is 455. The van der Waals surface area contributed by atoms with Gasteiger partial charge in [-0.2, -0.15) is 0 Å². The third-order valence-electron chi connectivity index (χ3n) is 2.31. The van der Waals surface area contributed by atoms with E-state index in [0.29, 0.717) is 0 Å². The molecule has 0 amide bonds. The maximum absolute atomic E-state index is 4.13. The maximum atomic E-state index is 4.13. The van der Waals surface area contributed by atoms with Crippen molar-refractivity contribution in [3.05, 3.63) is 62.8 Å². The van der Waals surface area contributed by atoms with Gasteiger partial charge in [0, 0.05) is 34.4 Å². The smallest absolute Gasteiger partial charge is 0.0410 e. The molecule has 88 valence electrons. The van der Waals surface area contributed by atoms with Crippen LogP contribution < -0.4 is 5.32 Å². The number of nitrogens with zero attached hydrogens (tertiary/aromatic N) is 1. The summed E-state index contributed by atoms with van der Waals surface area (Å²) >= 11 is 6.88. The third kappa shape index (κ3) is 4.22. The highest BCUT2D eigenvalue weighted by Gasteiger charge is 1.96. The molecule has 4 heteroatoms. The molecule has 17 heavy (non-hydrogen) atoms. The molecule has 0 spiro atoms. The third-order valence-corrected chi connectivity index (χ3v) is 3.24. The van der Waals surface area contributed by atoms with E-state index in [0.717, 1.165) is 22.0 Å². The van der Waals surface area contributed by atoms with Gasteiger partial charge in [-0.3, -0.25) is 4.98 Å². The van der Waals surface area contributed by atoms with Crippen LogP contribution in [0, 0.1) is 0 Å². The Morgan fingerprint density at radius 2 is 1.71 bits per heavy atom. The fraction of sp³-hybridized carbons (Fsp3) is 0.154. The summed E-state index contributed by atoms with van der Waals surface area (Å²) in [6.45, 7) is 1.67. The number of pyridine rings is 1. The van der Waals surface area contributed by atoms with E-state index in [4.69, 9.17) is 0 Å². The van der Waals surface area contributed by atoms with Gasteiger partial charge in [0.2, 0.25) is 0 Å². The predicted molar refractivity (Wildman–Crippen MR) is 76.6 cm³/mol. The van der Waals surface area contributed by atoms with Gasteiger partial charge in [0.1, 0.15) is 0 Å². The molecule has 0 aliphatic carbocycles. The lowest BCUT2D eigenvalue weighted by Crippen LogP contribution is -2.12. The van der Waals surface area contributed by atoms with Crippen LogP contribution in [0.3, 0.4) is 0 Å². The maximum Gasteiger partial charge on any atom is 0.0410 e. The second kappa shape index (κ2) is 6.28. The minimum Gasteiger partial charge on any atom is -0.309 e. The van der Waals surface area contributed by atoms with E-state index < -0.39 is 0 Å². The van der Waals surface area contributed by atoms with E-state index in [1.54, 1.807) is 6.20 Å². The van der Waals surface area contributed by atoms with E-state index in [-0.39, 0.29) is 0 Å². The molecule has 1 aromatic heterocycles. The number of hydrogen-bond donors (Lipinski definition) is 1. The van der Waals surface area contributed by atoms with E-state index in [2.05, 4.69) is 60.4 Å². The van der Waals surface area contributed by atoms with Crippen LogP contribution in [0.25, 0.3) is 0 Å². The number of aromatic nitrogens is 1. The average molecular weight is 356 g/mol. The Morgan fingerprint density at radius 3 is 2.47 bits per heavy atom. The van der Waals surface area contributed by atoms with Gasteiger partial charge in [0.15, 0.2) is 0 Å². The van der Waals surface area contributed by atoms with Gasteiger partial charge in [-0.05, 0) is 45.3 Å². The van der Waals surface area contributed by atoms with Gasteiger partial charge < -0.3 is 5.32 Å². The summed E-state index contributed by atoms with van der Waals surface area (Å²) in [5.41, 5.74) is 2.44. The van der Waals surface area contributed by atoms with Crippen LogP contribution >= 0.6 is 31.9 Å². The molecule has 0 saturated carbocycles. The van der Waals surface area contributed by atoms with Crippen molar-refractivity contribution in [3.63, 3.8) is 0 Å². The quantitative estimate of drug-likeness (QED) is 0.899. The Kier molecular flexibility index (Phi) is 4.71. The lowest BCUT2D eigenvalue weighted by Gasteiger charge is -2.05. The number of nitrogens with one attached hydrogen (secondary N) is 1. The summed E-state index contributed by atoms with van der Waals surface area (Å²) in [5, 5.41) is 3.39. The first-order valence-corrected chi connectivity index (χ1v) is 6.87. The predicted octanol–water partition coefficient (Wildman–Crippen LogP) is 3.90. The molecule has 0 unspecified atom stereocenters. The molecule has 1 aromatic carbocycles. The fourth-order valence-corrected chi connectivity index (χ4v) is 2.41. The molecular formula is C13H12Br2N2. The van der Waals surface area contributed by atoms with E-state index in [1.807, 2.05) is 18.3 Å². The highest BCUT2D eigenvalue weighted by molar-refractivity contribution is 9.10. The monoisotopic (exact) mass is 354 g/mol. The van der Waals surface area contributed by atoms with Crippen LogP contribution in [0.15, 0.2) is 51.7 Å². The summed E-state index contributed by atoms with van der Waals surface area (Å²) < 4.78 is 2.13. The van der Waals surface area contributed by atoms with Crippen LogP contribution in [0.2, 0.25) is 0 Å². The molecule has 0 bridgehead atoms. The molecule has 2 nitrogen and oxygen atoms in total. The standard InChI is InChI=1S/C13H12Br2N2/c14-12-3-1-2-10(4-12)6-16-7-11-5-13(15)9-17-8-11/h1-5,8-9,16H,6-7H2. The Labute approximate surface area is 118 Å². The summed E-state index contributed by atoms with van der Waals surface area (Å²) in [4.78, 5) is 4.13. The van der Waals surface area contributed by atoms with Crippen molar-refractivity contribution >= 4 is 31.9 Å². The SMILES string of the molecule is Brc1cccc(CNCc2cncc(Br)c2)c1. The number of halogens is 2. The van der Waals surface area contributed by atoms with Crippen molar-refractivity contribution in [3.8, 4) is 0 Å². The molecule has 2 rings (SSSR count). The lowest BCUT2D eigenvalue weighted by atomic mass is 10.2. The van der Waals surface area contributed by atoms with E-state index >= 15 is 0 Å². The average Bonchev–Trinajstić information content (AvgIpc) is 2.29. The Morgan fingerprint density at radius 1 is 0.941 bits per heavy atom. The zero-order valence-corrected chi connectivity index (χ0v) is 12.3. The van der Waals surface area contributed by atoms with Gasteiger partial charge in [-0.15, -0.1) is 0 Å². The number of hydrogen-bond acceptors (Lipinski definition) is 2. The van der Waals surface area contributed by atoms with Crippen LogP contribution in [0.1, 0.15) is 11.1 Å². The summed E-state index contributed by atoms with van der Waals surface area (Å²) in [6.07, 6.45) is 3.66. The summed E-state index contributed by atoms with van der Waals surface area (Å²) in [6, 6.07) is 10.4. The molecule has 0 saturated heterocycles. The Balaban J connectivity index is 1.87. The van der Waals surface area contributed by atoms with Gasteiger partial charge in [0.05, 0.1) is 0 Å². The molecule has 1 heterocycles. The molecular weight excluding hydrogens is 344 g/mol. The molecule has 0 atom stereocenters. The molecule has 0 fully saturated rings. The van der Waals surface area contributed by atoms with Crippen molar-refractivity contribution in [2.45, 2.75) is 13.1 Å². The second-order valence-corrected chi connectivity index (χ2v) is 5.58. The van der Waals surface area contributed by atoms with Crippen LogP contribution in [0.4, 0.5) is 0 Å². The largest absolute Gasteiger partial charge is 0.309 e. The highest BCUT2D eigenvalue weighted by Crippen LogP contribution is 2.12. The van der Waals surface area contributed by atoms with Crippen molar-refractivity contribution in [1.82, 2.24) is 10.3 Å². The lowest BCUT2D eigenvalue weighted by molar-refractivity contribution is 0.691.